The van der Waals surface area contributed by atoms with Crippen molar-refractivity contribution >= 4 is 22.9 Å². The lowest BCUT2D eigenvalue weighted by atomic mass is 10.2. The van der Waals surface area contributed by atoms with Crippen LogP contribution in [0.1, 0.15) is 16.9 Å². The minimum atomic E-state index is -0.200. The minimum absolute atomic E-state index is 0.0367. The summed E-state index contributed by atoms with van der Waals surface area (Å²) in [5, 5.41) is 8.20. The molecular weight excluding hydrogens is 272 g/mol. The van der Waals surface area contributed by atoms with Crippen LogP contribution in [0.5, 0.6) is 5.75 Å². The Balaban J connectivity index is 1.66. The van der Waals surface area contributed by atoms with Crippen molar-refractivity contribution in [3.63, 3.8) is 0 Å². The van der Waals surface area contributed by atoms with E-state index in [1.165, 1.54) is 10.4 Å². The van der Waals surface area contributed by atoms with Crippen molar-refractivity contribution in [3.8, 4) is 5.75 Å². The number of thiophene rings is 1. The van der Waals surface area contributed by atoms with Crippen LogP contribution in [0.3, 0.4) is 0 Å². The summed E-state index contributed by atoms with van der Waals surface area (Å²) in [7, 11) is 0. The number of aryl methyl sites for hydroxylation is 1. The van der Waals surface area contributed by atoms with Gasteiger partial charge in [0.1, 0.15) is 5.75 Å². The quantitative estimate of drug-likeness (QED) is 0.832. The molecule has 4 nitrogen and oxygen atoms in total. The van der Waals surface area contributed by atoms with Crippen molar-refractivity contribution in [2.75, 3.05) is 5.32 Å². The number of β-lactam (4-membered cyclic amide) rings is 1. The zero-order valence-electron chi connectivity index (χ0n) is 11.2. The maximum absolute atomic E-state index is 10.9. The van der Waals surface area contributed by atoms with Crippen molar-refractivity contribution in [1.29, 1.82) is 0 Å². The summed E-state index contributed by atoms with van der Waals surface area (Å²) in [6.45, 7) is 2.89. The summed E-state index contributed by atoms with van der Waals surface area (Å²) in [5.41, 5.74) is 2.24. The van der Waals surface area contributed by atoms with Gasteiger partial charge in [0, 0.05) is 11.4 Å². The second-order valence-electron chi connectivity index (χ2n) is 4.75. The number of amides is 1. The van der Waals surface area contributed by atoms with Gasteiger partial charge >= 0.3 is 0 Å². The highest BCUT2D eigenvalue weighted by molar-refractivity contribution is 7.10. The molecule has 1 aliphatic heterocycles. The number of carbonyl (C=O) groups excluding carboxylic acids is 1. The number of ether oxygens (including phenoxy) is 1. The average molecular weight is 288 g/mol. The highest BCUT2D eigenvalue weighted by Crippen LogP contribution is 2.27. The largest absolute Gasteiger partial charge is 0.468 e. The topological polar surface area (TPSA) is 50.4 Å². The maximum atomic E-state index is 10.9. The Morgan fingerprint density at radius 1 is 1.40 bits per heavy atom. The van der Waals surface area contributed by atoms with Gasteiger partial charge < -0.3 is 15.4 Å². The first-order valence-electron chi connectivity index (χ1n) is 6.54. The summed E-state index contributed by atoms with van der Waals surface area (Å²) < 4.78 is 5.76. The third-order valence-electron chi connectivity index (χ3n) is 3.26. The van der Waals surface area contributed by atoms with Crippen LogP contribution in [0.4, 0.5) is 5.69 Å². The van der Waals surface area contributed by atoms with Crippen LogP contribution in [0.2, 0.25) is 0 Å². The van der Waals surface area contributed by atoms with Crippen LogP contribution in [0.25, 0.3) is 0 Å². The molecule has 3 rings (SSSR count). The van der Waals surface area contributed by atoms with Crippen molar-refractivity contribution in [2.45, 2.75) is 26.1 Å². The molecule has 20 heavy (non-hydrogen) atoms. The Morgan fingerprint density at radius 3 is 2.90 bits per heavy atom. The van der Waals surface area contributed by atoms with Crippen LogP contribution in [0.15, 0.2) is 35.7 Å². The summed E-state index contributed by atoms with van der Waals surface area (Å²) in [6.07, 6.45) is 0.229. The first kappa shape index (κ1) is 13.0. The van der Waals surface area contributed by atoms with E-state index >= 15 is 0 Å². The summed E-state index contributed by atoms with van der Waals surface area (Å²) in [4.78, 5) is 12.2. The predicted molar refractivity (Wildman–Crippen MR) is 80.0 cm³/mol. The lowest BCUT2D eigenvalue weighted by Crippen LogP contribution is -2.51. The van der Waals surface area contributed by atoms with Crippen LogP contribution < -0.4 is 15.4 Å². The van der Waals surface area contributed by atoms with E-state index in [1.54, 1.807) is 11.3 Å². The summed E-state index contributed by atoms with van der Waals surface area (Å²) >= 11 is 1.74. The fraction of sp³-hybridized carbons (Fsp3) is 0.267. The lowest BCUT2D eigenvalue weighted by molar-refractivity contribution is -0.134. The van der Waals surface area contributed by atoms with Gasteiger partial charge in [-0.1, -0.05) is 12.1 Å². The molecule has 0 radical (unpaired) electrons. The molecule has 2 N–H and O–H groups in total. The third-order valence-corrected chi connectivity index (χ3v) is 4.28. The number of rotatable bonds is 5. The Labute approximate surface area is 121 Å². The Hall–Kier alpha value is -2.01. The van der Waals surface area contributed by atoms with Gasteiger partial charge in [-0.2, -0.15) is 0 Å². The molecule has 104 valence electrons. The van der Waals surface area contributed by atoms with Crippen molar-refractivity contribution < 1.29 is 9.53 Å². The van der Waals surface area contributed by atoms with Gasteiger partial charge in [0.05, 0.1) is 12.1 Å². The highest BCUT2D eigenvalue weighted by Gasteiger charge is 2.27. The number of para-hydroxylation sites is 2. The molecule has 1 unspecified atom stereocenters. The second-order valence-corrected chi connectivity index (χ2v) is 5.76. The van der Waals surface area contributed by atoms with Gasteiger partial charge in [-0.05, 0) is 36.1 Å². The number of benzene rings is 1. The van der Waals surface area contributed by atoms with E-state index in [2.05, 4.69) is 29.0 Å². The second kappa shape index (κ2) is 5.54. The number of anilines is 1. The molecule has 0 spiro atoms. The van der Waals surface area contributed by atoms with Crippen LogP contribution in [-0.4, -0.2) is 12.1 Å². The minimum Gasteiger partial charge on any atom is -0.468 e. The van der Waals surface area contributed by atoms with E-state index < -0.39 is 0 Å². The van der Waals surface area contributed by atoms with Crippen LogP contribution in [-0.2, 0) is 11.3 Å². The smallest absolute Gasteiger partial charge is 0.228 e. The molecular formula is C15H16N2O2S. The molecule has 5 heteroatoms. The van der Waals surface area contributed by atoms with Gasteiger partial charge in [0.2, 0.25) is 5.91 Å². The Morgan fingerprint density at radius 2 is 2.20 bits per heavy atom. The SMILES string of the molecule is Cc1ccsc1CNc1ccccc1OC1CC(=O)N1. The molecule has 1 saturated heterocycles. The van der Waals surface area contributed by atoms with E-state index in [4.69, 9.17) is 4.74 Å². The first-order valence-corrected chi connectivity index (χ1v) is 7.42. The molecule has 1 amide bonds. The fourth-order valence-corrected chi connectivity index (χ4v) is 2.87. The van der Waals surface area contributed by atoms with E-state index in [-0.39, 0.29) is 12.1 Å². The molecule has 2 aromatic rings. The molecule has 0 bridgehead atoms. The molecule has 1 aliphatic rings. The molecule has 0 saturated carbocycles. The summed E-state index contributed by atoms with van der Waals surface area (Å²) in [6, 6.07) is 9.91. The Kier molecular flexibility index (Phi) is 3.60. The van der Waals surface area contributed by atoms with E-state index in [9.17, 15) is 4.79 Å². The monoisotopic (exact) mass is 288 g/mol. The van der Waals surface area contributed by atoms with Crippen LogP contribution in [0, 0.1) is 6.92 Å². The number of hydrogen-bond donors (Lipinski definition) is 2. The normalized spacial score (nSPS) is 17.2. The molecule has 2 heterocycles. The number of carbonyl (C=O) groups is 1. The first-order chi connectivity index (χ1) is 9.72. The zero-order chi connectivity index (χ0) is 13.9. The van der Waals surface area contributed by atoms with Gasteiger partial charge in [-0.15, -0.1) is 11.3 Å². The zero-order valence-corrected chi connectivity index (χ0v) is 12.0. The van der Waals surface area contributed by atoms with E-state index in [0.717, 1.165) is 18.0 Å². The van der Waals surface area contributed by atoms with Crippen molar-refractivity contribution in [3.05, 3.63) is 46.2 Å². The van der Waals surface area contributed by atoms with Crippen LogP contribution >= 0.6 is 11.3 Å². The lowest BCUT2D eigenvalue weighted by Gasteiger charge is -2.28. The van der Waals surface area contributed by atoms with Gasteiger partial charge in [0.15, 0.2) is 6.23 Å². The van der Waals surface area contributed by atoms with Crippen molar-refractivity contribution in [2.24, 2.45) is 0 Å². The molecule has 0 aliphatic carbocycles. The highest BCUT2D eigenvalue weighted by atomic mass is 32.1. The van der Waals surface area contributed by atoms with E-state index in [1.807, 2.05) is 24.3 Å². The number of hydrogen-bond acceptors (Lipinski definition) is 4. The summed E-state index contributed by atoms with van der Waals surface area (Å²) in [5.74, 6) is 0.807. The average Bonchev–Trinajstić information content (AvgIpc) is 2.81. The molecule has 1 atom stereocenters. The standard InChI is InChI=1S/C15H16N2O2S/c1-10-6-7-20-13(10)9-16-11-4-2-3-5-12(11)19-15-8-14(18)17-15/h2-7,15-16H,8-9H2,1H3,(H,17,18). The van der Waals surface area contributed by atoms with Gasteiger partial charge in [-0.25, -0.2) is 0 Å². The van der Waals surface area contributed by atoms with Gasteiger partial charge in [-0.3, -0.25) is 4.79 Å². The third kappa shape index (κ3) is 2.77. The van der Waals surface area contributed by atoms with E-state index in [0.29, 0.717) is 6.42 Å². The number of nitrogens with one attached hydrogen (secondary N) is 2. The molecule has 1 aromatic carbocycles. The maximum Gasteiger partial charge on any atom is 0.228 e. The Bertz CT molecular complexity index is 616. The van der Waals surface area contributed by atoms with Crippen molar-refractivity contribution in [1.82, 2.24) is 5.32 Å². The molecule has 1 aromatic heterocycles. The van der Waals surface area contributed by atoms with Gasteiger partial charge in [0.25, 0.3) is 0 Å². The molecule has 1 fully saturated rings. The fourth-order valence-electron chi connectivity index (χ4n) is 2.03. The predicted octanol–water partition coefficient (Wildman–Crippen LogP) is 2.89.